The highest BCUT2D eigenvalue weighted by Crippen LogP contribution is 2.41. The van der Waals surface area contributed by atoms with Gasteiger partial charge in [-0.15, -0.1) is 0 Å². The van der Waals surface area contributed by atoms with Crippen molar-refractivity contribution in [2.75, 3.05) is 14.2 Å². The molecule has 1 aliphatic carbocycles. The molecule has 1 fully saturated rings. The van der Waals surface area contributed by atoms with Crippen molar-refractivity contribution in [1.29, 1.82) is 0 Å². The first-order chi connectivity index (χ1) is 10.1. The second-order valence-electron chi connectivity index (χ2n) is 4.99. The molecule has 0 unspecified atom stereocenters. The van der Waals surface area contributed by atoms with Gasteiger partial charge in [0, 0.05) is 12.1 Å². The minimum absolute atomic E-state index is 0.0125. The maximum absolute atomic E-state index is 12.3. The molecule has 3 rings (SSSR count). The zero-order chi connectivity index (χ0) is 15.1. The van der Waals surface area contributed by atoms with Crippen LogP contribution in [-0.2, 0) is 0 Å². The van der Waals surface area contributed by atoms with Gasteiger partial charge in [0.2, 0.25) is 0 Å². The van der Waals surface area contributed by atoms with Gasteiger partial charge in [0.1, 0.15) is 17.2 Å². The zero-order valence-corrected chi connectivity index (χ0v) is 11.8. The molecule has 1 aromatic heterocycles. The minimum atomic E-state index is -1.12. The second-order valence-corrected chi connectivity index (χ2v) is 4.99. The number of fused-ring (bicyclic) bond motifs is 1. The molecule has 0 atom stereocenters. The lowest BCUT2D eigenvalue weighted by molar-refractivity contribution is 0.0684. The van der Waals surface area contributed by atoms with E-state index in [1.807, 2.05) is 0 Å². The van der Waals surface area contributed by atoms with Gasteiger partial charge in [-0.3, -0.25) is 4.79 Å². The maximum Gasteiger partial charge on any atom is 0.352 e. The number of methoxy groups -OCH3 is 2. The third-order valence-electron chi connectivity index (χ3n) is 3.69. The van der Waals surface area contributed by atoms with Crippen LogP contribution in [0.3, 0.4) is 0 Å². The van der Waals surface area contributed by atoms with Crippen molar-refractivity contribution >= 4 is 16.9 Å². The number of rotatable bonds is 4. The van der Waals surface area contributed by atoms with E-state index in [0.29, 0.717) is 22.4 Å². The highest BCUT2D eigenvalue weighted by molar-refractivity contribution is 5.95. The van der Waals surface area contributed by atoms with E-state index in [4.69, 9.17) is 9.47 Å². The summed E-state index contributed by atoms with van der Waals surface area (Å²) < 4.78 is 12.3. The number of aromatic carboxylic acids is 1. The van der Waals surface area contributed by atoms with Crippen molar-refractivity contribution in [3.05, 3.63) is 34.1 Å². The van der Waals surface area contributed by atoms with Crippen LogP contribution < -0.4 is 14.9 Å². The van der Waals surface area contributed by atoms with Crippen molar-refractivity contribution in [3.63, 3.8) is 0 Å². The summed E-state index contributed by atoms with van der Waals surface area (Å²) in [4.78, 5) is 23.8. The molecule has 1 aromatic carbocycles. The summed E-state index contributed by atoms with van der Waals surface area (Å²) in [7, 11) is 2.98. The van der Waals surface area contributed by atoms with Crippen LogP contribution in [-0.4, -0.2) is 29.9 Å². The Morgan fingerprint density at radius 1 is 1.24 bits per heavy atom. The smallest absolute Gasteiger partial charge is 0.352 e. The highest BCUT2D eigenvalue weighted by Gasteiger charge is 2.31. The van der Waals surface area contributed by atoms with Gasteiger partial charge in [-0.05, 0) is 25.0 Å². The Hall–Kier alpha value is -2.50. The molecule has 110 valence electrons. The third kappa shape index (κ3) is 2.03. The monoisotopic (exact) mass is 289 g/mol. The molecule has 0 aliphatic heterocycles. The van der Waals surface area contributed by atoms with Crippen LogP contribution in [0.25, 0.3) is 10.9 Å². The normalized spacial score (nSPS) is 14.2. The summed E-state index contributed by atoms with van der Waals surface area (Å²) in [6, 6.07) is 4.58. The first-order valence-corrected chi connectivity index (χ1v) is 6.62. The van der Waals surface area contributed by atoms with Crippen LogP contribution in [0.1, 0.15) is 29.4 Å². The van der Waals surface area contributed by atoms with Crippen molar-refractivity contribution < 1.29 is 19.4 Å². The minimum Gasteiger partial charge on any atom is -0.496 e. The lowest BCUT2D eigenvalue weighted by atomic mass is 10.1. The van der Waals surface area contributed by atoms with E-state index in [-0.39, 0.29) is 17.2 Å². The quantitative estimate of drug-likeness (QED) is 0.932. The number of hydrogen-bond acceptors (Lipinski definition) is 4. The number of aromatic nitrogens is 1. The van der Waals surface area contributed by atoms with E-state index in [1.165, 1.54) is 14.2 Å². The van der Waals surface area contributed by atoms with Gasteiger partial charge in [-0.2, -0.15) is 0 Å². The predicted molar refractivity (Wildman–Crippen MR) is 76.5 cm³/mol. The summed E-state index contributed by atoms with van der Waals surface area (Å²) in [5.41, 5.74) is 0.0980. The maximum atomic E-state index is 12.3. The van der Waals surface area contributed by atoms with Crippen LogP contribution in [0.2, 0.25) is 0 Å². The summed E-state index contributed by atoms with van der Waals surface area (Å²) in [6.45, 7) is 0. The average Bonchev–Trinajstić information content (AvgIpc) is 3.30. The summed E-state index contributed by atoms with van der Waals surface area (Å²) in [5.74, 6) is -0.231. The van der Waals surface area contributed by atoms with Crippen molar-refractivity contribution in [2.45, 2.75) is 18.9 Å². The van der Waals surface area contributed by atoms with Crippen LogP contribution in [0.15, 0.2) is 23.0 Å². The third-order valence-corrected chi connectivity index (χ3v) is 3.69. The van der Waals surface area contributed by atoms with Gasteiger partial charge < -0.3 is 19.1 Å². The fourth-order valence-electron chi connectivity index (χ4n) is 2.63. The van der Waals surface area contributed by atoms with E-state index >= 15 is 0 Å². The number of carboxylic acid groups (broad SMARTS) is 1. The average molecular weight is 289 g/mol. The largest absolute Gasteiger partial charge is 0.496 e. The van der Waals surface area contributed by atoms with Gasteiger partial charge >= 0.3 is 5.97 Å². The van der Waals surface area contributed by atoms with Crippen molar-refractivity contribution in [2.24, 2.45) is 0 Å². The molecule has 21 heavy (non-hydrogen) atoms. The van der Waals surface area contributed by atoms with Crippen molar-refractivity contribution in [1.82, 2.24) is 4.57 Å². The van der Waals surface area contributed by atoms with E-state index in [0.717, 1.165) is 18.9 Å². The molecule has 6 nitrogen and oxygen atoms in total. The van der Waals surface area contributed by atoms with Gasteiger partial charge in [0.05, 0.1) is 25.1 Å². The van der Waals surface area contributed by atoms with Crippen LogP contribution >= 0.6 is 0 Å². The molecule has 1 heterocycles. The summed E-state index contributed by atoms with van der Waals surface area (Å²) >= 11 is 0. The molecule has 0 saturated heterocycles. The Morgan fingerprint density at radius 2 is 1.86 bits per heavy atom. The van der Waals surface area contributed by atoms with Crippen molar-refractivity contribution in [3.8, 4) is 11.5 Å². The number of carbonyl (C=O) groups is 1. The first kappa shape index (κ1) is 13.5. The Labute approximate surface area is 120 Å². The SMILES string of the molecule is COc1ccc(OC)c2c1c(=O)cc(C(=O)O)n2C1CC1. The lowest BCUT2D eigenvalue weighted by Gasteiger charge is -2.17. The van der Waals surface area contributed by atoms with Gasteiger partial charge in [-0.25, -0.2) is 4.79 Å². The molecular weight excluding hydrogens is 274 g/mol. The molecule has 0 bridgehead atoms. The number of benzene rings is 1. The molecule has 0 amide bonds. The topological polar surface area (TPSA) is 77.8 Å². The fraction of sp³-hybridized carbons (Fsp3) is 0.333. The zero-order valence-electron chi connectivity index (χ0n) is 11.8. The molecule has 0 radical (unpaired) electrons. The van der Waals surface area contributed by atoms with E-state index in [2.05, 4.69) is 0 Å². The number of nitrogens with zero attached hydrogens (tertiary/aromatic N) is 1. The highest BCUT2D eigenvalue weighted by atomic mass is 16.5. The number of ether oxygens (including phenoxy) is 2. The molecule has 6 heteroatoms. The van der Waals surface area contributed by atoms with Gasteiger partial charge in [0.15, 0.2) is 5.43 Å². The van der Waals surface area contributed by atoms with Gasteiger partial charge in [0.25, 0.3) is 0 Å². The van der Waals surface area contributed by atoms with Gasteiger partial charge in [-0.1, -0.05) is 0 Å². The van der Waals surface area contributed by atoms with Crippen LogP contribution in [0, 0.1) is 0 Å². The Balaban J connectivity index is 2.52. The predicted octanol–water partition coefficient (Wildman–Crippen LogP) is 2.05. The number of pyridine rings is 1. The second kappa shape index (κ2) is 4.80. The Kier molecular flexibility index (Phi) is 3.08. The molecular formula is C15H15NO5. The van der Waals surface area contributed by atoms with E-state index in [9.17, 15) is 14.7 Å². The van der Waals surface area contributed by atoms with Crippen LogP contribution in [0.5, 0.6) is 11.5 Å². The molecule has 1 saturated carbocycles. The summed E-state index contributed by atoms with van der Waals surface area (Å²) in [6.07, 6.45) is 1.78. The molecule has 1 N–H and O–H groups in total. The van der Waals surface area contributed by atoms with E-state index < -0.39 is 5.97 Å². The molecule has 2 aromatic rings. The Morgan fingerprint density at radius 3 is 2.38 bits per heavy atom. The molecule has 1 aliphatic rings. The lowest BCUT2D eigenvalue weighted by Crippen LogP contribution is -2.18. The fourth-order valence-corrected chi connectivity index (χ4v) is 2.63. The summed E-state index contributed by atoms with van der Waals surface area (Å²) in [5, 5.41) is 9.74. The van der Waals surface area contributed by atoms with E-state index in [1.54, 1.807) is 16.7 Å². The first-order valence-electron chi connectivity index (χ1n) is 6.62. The number of hydrogen-bond donors (Lipinski definition) is 1. The number of carboxylic acids is 1. The van der Waals surface area contributed by atoms with Crippen LogP contribution in [0.4, 0.5) is 0 Å². The standard InChI is InChI=1S/C15H15NO5/c1-20-11-5-6-12(21-2)14-13(11)10(17)7-9(15(18)19)16(14)8-3-4-8/h5-8H,3-4H2,1-2H3,(H,18,19). The Bertz CT molecular complexity index is 789. The molecule has 0 spiro atoms.